The van der Waals surface area contributed by atoms with Gasteiger partial charge in [-0.05, 0) is 55.8 Å². The van der Waals surface area contributed by atoms with E-state index in [-0.39, 0.29) is 0 Å². The number of hydrogen-bond donors (Lipinski definition) is 1. The van der Waals surface area contributed by atoms with E-state index in [1.807, 2.05) is 30.3 Å². The Hall–Kier alpha value is -2.04. The van der Waals surface area contributed by atoms with E-state index in [1.54, 1.807) is 0 Å². The summed E-state index contributed by atoms with van der Waals surface area (Å²) in [7, 11) is 0. The predicted molar refractivity (Wildman–Crippen MR) is 98.7 cm³/mol. The fourth-order valence-corrected chi connectivity index (χ4v) is 2.90. The van der Waals surface area contributed by atoms with E-state index in [4.69, 9.17) is 27.1 Å². The highest BCUT2D eigenvalue weighted by Gasteiger charge is 2.09. The Morgan fingerprint density at radius 2 is 1.83 bits per heavy atom. The normalized spacial score (nSPS) is 11.1. The maximum absolute atomic E-state index is 5.88. The van der Waals surface area contributed by atoms with Gasteiger partial charge < -0.3 is 15.0 Å². The molecule has 126 valence electrons. The fourth-order valence-electron chi connectivity index (χ4n) is 2.77. The number of para-hydroxylation sites is 2. The number of benzene rings is 2. The Morgan fingerprint density at radius 1 is 1.04 bits per heavy atom. The van der Waals surface area contributed by atoms with Crippen LogP contribution in [0.3, 0.4) is 0 Å². The zero-order chi connectivity index (χ0) is 16.8. The topological polar surface area (TPSA) is 53.1 Å². The molecule has 4 nitrogen and oxygen atoms in total. The van der Waals surface area contributed by atoms with Crippen LogP contribution in [0.1, 0.15) is 18.7 Å². The van der Waals surface area contributed by atoms with Crippen molar-refractivity contribution in [1.82, 2.24) is 9.55 Å². The largest absolute Gasteiger partial charge is 0.494 e. The molecule has 0 unspecified atom stereocenters. The van der Waals surface area contributed by atoms with Crippen molar-refractivity contribution < 1.29 is 4.74 Å². The molecule has 0 spiro atoms. The van der Waals surface area contributed by atoms with Crippen molar-refractivity contribution in [2.24, 2.45) is 5.73 Å². The number of nitrogens with two attached hydrogens (primary N) is 1. The number of hydrogen-bond acceptors (Lipinski definition) is 3. The maximum atomic E-state index is 5.88. The lowest BCUT2D eigenvalue weighted by Gasteiger charge is -2.10. The number of rotatable bonds is 8. The molecule has 0 fully saturated rings. The molecule has 0 atom stereocenters. The van der Waals surface area contributed by atoms with E-state index in [2.05, 4.69) is 22.8 Å². The van der Waals surface area contributed by atoms with E-state index < -0.39 is 0 Å². The van der Waals surface area contributed by atoms with Gasteiger partial charge >= 0.3 is 0 Å². The first-order chi connectivity index (χ1) is 11.8. The summed E-state index contributed by atoms with van der Waals surface area (Å²) in [6.45, 7) is 2.22. The van der Waals surface area contributed by atoms with Crippen molar-refractivity contribution in [2.75, 3.05) is 13.2 Å². The van der Waals surface area contributed by atoms with Gasteiger partial charge in [-0.25, -0.2) is 4.98 Å². The van der Waals surface area contributed by atoms with Gasteiger partial charge in [0.2, 0.25) is 0 Å². The van der Waals surface area contributed by atoms with Gasteiger partial charge in [-0.15, -0.1) is 0 Å². The van der Waals surface area contributed by atoms with Crippen LogP contribution in [0.2, 0.25) is 5.02 Å². The lowest BCUT2D eigenvalue weighted by Crippen LogP contribution is -2.09. The summed E-state index contributed by atoms with van der Waals surface area (Å²) >= 11 is 5.88. The summed E-state index contributed by atoms with van der Waals surface area (Å²) < 4.78 is 8.07. The molecule has 1 aromatic heterocycles. The summed E-state index contributed by atoms with van der Waals surface area (Å²) in [5.41, 5.74) is 7.87. The minimum atomic E-state index is 0.657. The molecule has 0 aliphatic rings. The fraction of sp³-hybridized carbons (Fsp3) is 0.316. The molecule has 0 radical (unpaired) electrons. The monoisotopic (exact) mass is 343 g/mol. The Kier molecular flexibility index (Phi) is 5.72. The molecule has 0 aliphatic carbocycles. The Balaban J connectivity index is 1.64. The zero-order valence-corrected chi connectivity index (χ0v) is 14.4. The number of aromatic nitrogens is 2. The zero-order valence-electron chi connectivity index (χ0n) is 13.6. The van der Waals surface area contributed by atoms with Crippen LogP contribution in [0.4, 0.5) is 0 Å². The van der Waals surface area contributed by atoms with Gasteiger partial charge in [-0.3, -0.25) is 0 Å². The van der Waals surface area contributed by atoms with Crippen molar-refractivity contribution in [3.8, 4) is 5.75 Å². The van der Waals surface area contributed by atoms with Crippen LogP contribution < -0.4 is 10.5 Å². The number of aryl methyl sites for hydroxylation is 2. The molecule has 1 heterocycles. The number of nitrogens with zero attached hydrogens (tertiary/aromatic N) is 2. The number of fused-ring (bicyclic) bond motifs is 1. The molecular formula is C19H22ClN3O. The standard InChI is InChI=1S/C19H22ClN3O/c20-15-8-10-16(11-9-15)24-14-4-13-23-18-6-2-1-5-17(18)22-19(23)7-3-12-21/h1-2,5-6,8-11H,3-4,7,12-14,21H2. The van der Waals surface area contributed by atoms with Crippen LogP contribution in [-0.2, 0) is 13.0 Å². The number of ether oxygens (including phenoxy) is 1. The lowest BCUT2D eigenvalue weighted by atomic mass is 10.3. The third kappa shape index (κ3) is 4.08. The highest BCUT2D eigenvalue weighted by atomic mass is 35.5. The predicted octanol–water partition coefficient (Wildman–Crippen LogP) is 4.05. The number of imidazole rings is 1. The van der Waals surface area contributed by atoms with Crippen LogP contribution in [0.5, 0.6) is 5.75 Å². The summed E-state index contributed by atoms with van der Waals surface area (Å²) in [6.07, 6.45) is 2.77. The van der Waals surface area contributed by atoms with Crippen molar-refractivity contribution in [2.45, 2.75) is 25.8 Å². The molecule has 0 amide bonds. The van der Waals surface area contributed by atoms with Gasteiger partial charge in [0.15, 0.2) is 0 Å². The highest BCUT2D eigenvalue weighted by Crippen LogP contribution is 2.19. The van der Waals surface area contributed by atoms with E-state index in [1.165, 1.54) is 5.52 Å². The first-order valence-corrected chi connectivity index (χ1v) is 8.68. The summed E-state index contributed by atoms with van der Waals surface area (Å²) in [4.78, 5) is 4.75. The maximum Gasteiger partial charge on any atom is 0.119 e. The lowest BCUT2D eigenvalue weighted by molar-refractivity contribution is 0.301. The molecule has 0 saturated carbocycles. The van der Waals surface area contributed by atoms with E-state index >= 15 is 0 Å². The first-order valence-electron chi connectivity index (χ1n) is 8.30. The molecule has 0 aliphatic heterocycles. The summed E-state index contributed by atoms with van der Waals surface area (Å²) in [5.74, 6) is 1.95. The molecule has 0 saturated heterocycles. The first kappa shape index (κ1) is 16.8. The molecule has 0 bridgehead atoms. The summed E-state index contributed by atoms with van der Waals surface area (Å²) in [6, 6.07) is 15.7. The number of halogens is 1. The minimum absolute atomic E-state index is 0.657. The average Bonchev–Trinajstić information content (AvgIpc) is 2.96. The van der Waals surface area contributed by atoms with E-state index in [9.17, 15) is 0 Å². The van der Waals surface area contributed by atoms with Crippen molar-refractivity contribution in [3.63, 3.8) is 0 Å². The Labute approximate surface area is 147 Å². The molecule has 5 heteroatoms. The van der Waals surface area contributed by atoms with Gasteiger partial charge in [-0.2, -0.15) is 0 Å². The van der Waals surface area contributed by atoms with Crippen LogP contribution in [0.15, 0.2) is 48.5 Å². The average molecular weight is 344 g/mol. The van der Waals surface area contributed by atoms with Crippen LogP contribution in [0, 0.1) is 0 Å². The second kappa shape index (κ2) is 8.18. The van der Waals surface area contributed by atoms with Crippen molar-refractivity contribution in [1.29, 1.82) is 0 Å². The third-order valence-electron chi connectivity index (χ3n) is 3.95. The van der Waals surface area contributed by atoms with Gasteiger partial charge in [-0.1, -0.05) is 23.7 Å². The van der Waals surface area contributed by atoms with E-state index in [0.29, 0.717) is 13.2 Å². The Bertz CT molecular complexity index is 783. The third-order valence-corrected chi connectivity index (χ3v) is 4.20. The molecule has 24 heavy (non-hydrogen) atoms. The molecule has 3 aromatic rings. The highest BCUT2D eigenvalue weighted by molar-refractivity contribution is 6.30. The van der Waals surface area contributed by atoms with Crippen LogP contribution in [-0.4, -0.2) is 22.7 Å². The Morgan fingerprint density at radius 3 is 2.62 bits per heavy atom. The van der Waals surface area contributed by atoms with Crippen molar-refractivity contribution >= 4 is 22.6 Å². The second-order valence-corrected chi connectivity index (χ2v) is 6.15. The molecular weight excluding hydrogens is 322 g/mol. The van der Waals surface area contributed by atoms with Crippen LogP contribution >= 0.6 is 11.6 Å². The van der Waals surface area contributed by atoms with Gasteiger partial charge in [0.1, 0.15) is 11.6 Å². The van der Waals surface area contributed by atoms with Gasteiger partial charge in [0.05, 0.1) is 17.6 Å². The minimum Gasteiger partial charge on any atom is -0.494 e. The molecule has 3 rings (SSSR count). The molecule has 2 aromatic carbocycles. The van der Waals surface area contributed by atoms with Crippen LogP contribution in [0.25, 0.3) is 11.0 Å². The molecule has 2 N–H and O–H groups in total. The van der Waals surface area contributed by atoms with E-state index in [0.717, 1.165) is 47.9 Å². The van der Waals surface area contributed by atoms with Gasteiger partial charge in [0, 0.05) is 18.0 Å². The smallest absolute Gasteiger partial charge is 0.119 e. The SMILES string of the molecule is NCCCc1nc2ccccc2n1CCCOc1ccc(Cl)cc1. The summed E-state index contributed by atoms with van der Waals surface area (Å²) in [5, 5.41) is 0.719. The second-order valence-electron chi connectivity index (χ2n) is 5.72. The van der Waals surface area contributed by atoms with Gasteiger partial charge in [0.25, 0.3) is 0 Å². The quantitative estimate of drug-likeness (QED) is 0.628. The van der Waals surface area contributed by atoms with Crippen molar-refractivity contribution in [3.05, 3.63) is 59.4 Å².